The summed E-state index contributed by atoms with van der Waals surface area (Å²) < 4.78 is 5.43. The van der Waals surface area contributed by atoms with Crippen molar-refractivity contribution in [3.05, 3.63) is 71.8 Å². The monoisotopic (exact) mass is 716 g/mol. The van der Waals surface area contributed by atoms with Crippen LogP contribution < -0.4 is 16.0 Å². The molecule has 3 aliphatic rings. The minimum absolute atomic E-state index is 0.132. The van der Waals surface area contributed by atoms with Crippen molar-refractivity contribution in [1.82, 2.24) is 30.7 Å². The Bertz CT molecular complexity index is 1540. The van der Waals surface area contributed by atoms with Crippen LogP contribution in [0.15, 0.2) is 60.7 Å². The third kappa shape index (κ3) is 10.5. The van der Waals surface area contributed by atoms with Gasteiger partial charge in [-0.05, 0) is 63.6 Å². The van der Waals surface area contributed by atoms with E-state index in [1.54, 1.807) is 11.8 Å². The van der Waals surface area contributed by atoms with Gasteiger partial charge in [-0.2, -0.15) is 0 Å². The largest absolute Gasteiger partial charge is 0.361 e. The lowest BCUT2D eigenvalue weighted by atomic mass is 9.92. The highest BCUT2D eigenvalue weighted by Crippen LogP contribution is 2.30. The Kier molecular flexibility index (Phi) is 13.2. The van der Waals surface area contributed by atoms with Gasteiger partial charge in [0.1, 0.15) is 23.7 Å². The number of epoxide rings is 1. The Labute approximate surface area is 308 Å². The fourth-order valence-corrected chi connectivity index (χ4v) is 7.22. The number of hydrogen-bond acceptors (Lipinski definition) is 8. The maximum Gasteiger partial charge on any atom is 0.246 e. The van der Waals surface area contributed by atoms with Gasteiger partial charge in [-0.15, -0.1) is 0 Å². The zero-order valence-corrected chi connectivity index (χ0v) is 31.3. The van der Waals surface area contributed by atoms with Gasteiger partial charge in [0.15, 0.2) is 5.78 Å². The number of ketones is 1. The van der Waals surface area contributed by atoms with Crippen LogP contribution in [0.2, 0.25) is 0 Å². The van der Waals surface area contributed by atoms with Gasteiger partial charge in [0.25, 0.3) is 0 Å². The lowest BCUT2D eigenvalue weighted by molar-refractivity contribution is -0.142. The second kappa shape index (κ2) is 17.6. The molecule has 282 valence electrons. The van der Waals surface area contributed by atoms with Crippen LogP contribution in [-0.2, 0) is 41.6 Å². The van der Waals surface area contributed by atoms with Crippen LogP contribution in [0.5, 0.6) is 0 Å². The molecule has 2 aromatic carbocycles. The predicted octanol–water partition coefficient (Wildman–Crippen LogP) is 1.96. The van der Waals surface area contributed by atoms with E-state index in [0.717, 1.165) is 37.3 Å². The van der Waals surface area contributed by atoms with Crippen LogP contribution in [0.3, 0.4) is 0 Å². The molecule has 0 radical (unpaired) electrons. The van der Waals surface area contributed by atoms with E-state index >= 15 is 0 Å². The minimum atomic E-state index is -0.917. The second-order valence-electron chi connectivity index (χ2n) is 15.4. The zero-order valence-electron chi connectivity index (χ0n) is 31.3. The van der Waals surface area contributed by atoms with Crippen LogP contribution in [0.25, 0.3) is 0 Å². The summed E-state index contributed by atoms with van der Waals surface area (Å²) in [4.78, 5) is 74.8. The summed E-state index contributed by atoms with van der Waals surface area (Å²) >= 11 is 0. The van der Waals surface area contributed by atoms with E-state index in [-0.39, 0.29) is 42.5 Å². The van der Waals surface area contributed by atoms with Crippen LogP contribution >= 0.6 is 0 Å². The third-order valence-corrected chi connectivity index (χ3v) is 10.4. The van der Waals surface area contributed by atoms with E-state index in [0.29, 0.717) is 32.3 Å². The number of amides is 4. The number of carbonyl (C=O) groups excluding carboxylic acids is 5. The number of piperazine rings is 1. The third-order valence-electron chi connectivity index (χ3n) is 10.4. The highest BCUT2D eigenvalue weighted by molar-refractivity contribution is 5.99. The summed E-state index contributed by atoms with van der Waals surface area (Å²) in [5, 5.41) is 8.89. The van der Waals surface area contributed by atoms with Crippen molar-refractivity contribution >= 4 is 29.4 Å². The van der Waals surface area contributed by atoms with Gasteiger partial charge < -0.3 is 30.5 Å². The Morgan fingerprint density at radius 3 is 2.10 bits per heavy atom. The topological polar surface area (TPSA) is 144 Å². The lowest BCUT2D eigenvalue weighted by Crippen LogP contribution is -2.57. The first kappa shape index (κ1) is 39.1. The van der Waals surface area contributed by atoms with E-state index in [1.165, 1.54) is 0 Å². The maximum absolute atomic E-state index is 14.2. The smallest absolute Gasteiger partial charge is 0.246 e. The van der Waals surface area contributed by atoms with Crippen molar-refractivity contribution in [3.63, 3.8) is 0 Å². The molecule has 3 saturated heterocycles. The average molecular weight is 717 g/mol. The fraction of sp³-hybridized carbons (Fsp3) is 0.575. The number of likely N-dealkylation sites (N-methyl/N-ethyl adjacent to an activating group) is 1. The molecule has 52 heavy (non-hydrogen) atoms. The summed E-state index contributed by atoms with van der Waals surface area (Å²) in [7, 11) is 2.05. The number of benzene rings is 2. The van der Waals surface area contributed by atoms with E-state index in [4.69, 9.17) is 4.74 Å². The molecule has 5 rings (SSSR count). The molecule has 3 heterocycles. The van der Waals surface area contributed by atoms with Crippen LogP contribution in [0.1, 0.15) is 58.1 Å². The van der Waals surface area contributed by atoms with Gasteiger partial charge in [-0.25, -0.2) is 0 Å². The summed E-state index contributed by atoms with van der Waals surface area (Å²) in [6, 6.07) is 15.4. The summed E-state index contributed by atoms with van der Waals surface area (Å²) in [6.45, 7) is 11.4. The first-order valence-corrected chi connectivity index (χ1v) is 18.7. The number of ether oxygens (including phenoxy) is 1. The summed E-state index contributed by atoms with van der Waals surface area (Å²) in [5.74, 6) is -1.49. The molecule has 3 N–H and O–H groups in total. The SMILES string of the molecule is CC(C)CC(NC(=O)[C@H](Cc1ccccc1)N1C(=O)C(NC(=O)[C@H](CCc2ccccc2)NC(=O)CN2CCN(C)CC2)CC1C)C(=O)C1(C)CO1. The summed E-state index contributed by atoms with van der Waals surface area (Å²) in [5.41, 5.74) is 0.991. The van der Waals surface area contributed by atoms with Gasteiger partial charge >= 0.3 is 0 Å². The predicted molar refractivity (Wildman–Crippen MR) is 198 cm³/mol. The number of aryl methyl sites for hydroxylation is 1. The highest BCUT2D eigenvalue weighted by Gasteiger charge is 2.51. The minimum Gasteiger partial charge on any atom is -0.361 e. The van der Waals surface area contributed by atoms with Crippen molar-refractivity contribution in [1.29, 1.82) is 0 Å². The van der Waals surface area contributed by atoms with E-state index < -0.39 is 41.6 Å². The Morgan fingerprint density at radius 1 is 0.885 bits per heavy atom. The van der Waals surface area contributed by atoms with Gasteiger partial charge in [0, 0.05) is 38.6 Å². The molecule has 4 amide bonds. The number of rotatable bonds is 17. The number of hydrogen-bond donors (Lipinski definition) is 3. The van der Waals surface area contributed by atoms with Gasteiger partial charge in [-0.3, -0.25) is 28.9 Å². The molecular weight excluding hydrogens is 660 g/mol. The molecule has 0 saturated carbocycles. The first-order valence-electron chi connectivity index (χ1n) is 18.7. The van der Waals surface area contributed by atoms with Crippen LogP contribution in [-0.4, -0.2) is 126 Å². The summed E-state index contributed by atoms with van der Waals surface area (Å²) in [6.07, 6.45) is 1.90. The maximum atomic E-state index is 14.2. The molecule has 2 aromatic rings. The number of Topliss-reactive ketones (excluding diaryl/α,β-unsaturated/α-hetero) is 1. The highest BCUT2D eigenvalue weighted by atomic mass is 16.6. The van der Waals surface area contributed by atoms with Gasteiger partial charge in [0.2, 0.25) is 23.6 Å². The van der Waals surface area contributed by atoms with Crippen molar-refractivity contribution in [3.8, 4) is 0 Å². The van der Waals surface area contributed by atoms with Crippen molar-refractivity contribution < 1.29 is 28.7 Å². The zero-order chi connectivity index (χ0) is 37.4. The molecule has 0 aliphatic carbocycles. The normalized spacial score (nSPS) is 23.9. The number of nitrogens with one attached hydrogen (secondary N) is 3. The van der Waals surface area contributed by atoms with Crippen molar-refractivity contribution in [2.75, 3.05) is 46.4 Å². The Balaban J connectivity index is 1.31. The molecule has 6 atom stereocenters. The molecule has 12 nitrogen and oxygen atoms in total. The molecule has 3 aliphatic heterocycles. The molecule has 0 aromatic heterocycles. The van der Waals surface area contributed by atoms with E-state index in [9.17, 15) is 24.0 Å². The first-order chi connectivity index (χ1) is 24.8. The molecule has 4 unspecified atom stereocenters. The van der Waals surface area contributed by atoms with E-state index in [1.807, 2.05) is 81.4 Å². The standard InChI is InChI=1S/C40H56N6O6/c1-27(2)22-32(36(48)40(4)26-52-40)42-38(50)34(24-30-14-10-7-11-15-30)46-28(3)23-33(39(46)51)43-37(49)31(17-16-29-12-8-6-9-13-29)41-35(47)25-45-20-18-44(5)19-21-45/h6-15,27-28,31-34H,16-26H2,1-5H3,(H,41,47)(H,42,50)(H,43,49)/t28?,31-,32?,33?,34-,40?/m0/s1. The van der Waals surface area contributed by atoms with Gasteiger partial charge in [0.05, 0.1) is 19.2 Å². The number of nitrogens with zero attached hydrogens (tertiary/aromatic N) is 3. The van der Waals surface area contributed by atoms with Crippen LogP contribution in [0, 0.1) is 5.92 Å². The van der Waals surface area contributed by atoms with Crippen LogP contribution in [0.4, 0.5) is 0 Å². The second-order valence-corrected chi connectivity index (χ2v) is 15.4. The van der Waals surface area contributed by atoms with Crippen molar-refractivity contribution in [2.24, 2.45) is 5.92 Å². The molecule has 0 spiro atoms. The quantitative estimate of drug-likeness (QED) is 0.211. The Morgan fingerprint density at radius 2 is 1.50 bits per heavy atom. The average Bonchev–Trinajstić information content (AvgIpc) is 3.81. The Hall–Kier alpha value is -4.13. The fourth-order valence-electron chi connectivity index (χ4n) is 7.22. The van der Waals surface area contributed by atoms with Gasteiger partial charge in [-0.1, -0.05) is 74.5 Å². The molecule has 12 heteroatoms. The number of carbonyl (C=O) groups is 5. The van der Waals surface area contributed by atoms with Crippen molar-refractivity contribution in [2.45, 2.75) is 95.6 Å². The lowest BCUT2D eigenvalue weighted by Gasteiger charge is -2.33. The molecule has 3 fully saturated rings. The number of likely N-dealkylation sites (tertiary alicyclic amines) is 1. The molecule has 0 bridgehead atoms. The van der Waals surface area contributed by atoms with E-state index in [2.05, 4.69) is 32.8 Å². The molecular formula is C40H56N6O6.